The van der Waals surface area contributed by atoms with Gasteiger partial charge in [-0.1, -0.05) is 56.3 Å². The number of anilines is 1. The van der Waals surface area contributed by atoms with Gasteiger partial charge in [0.25, 0.3) is 10.0 Å². The molecule has 0 aliphatic rings. The second kappa shape index (κ2) is 14.0. The zero-order chi connectivity index (χ0) is 29.3. The third kappa shape index (κ3) is 7.41. The van der Waals surface area contributed by atoms with Crippen LogP contribution in [0.4, 0.5) is 5.69 Å². The number of nitrogens with one attached hydrogen (secondary N) is 1. The van der Waals surface area contributed by atoms with Crippen molar-refractivity contribution in [3.05, 3.63) is 90.0 Å². The fourth-order valence-electron chi connectivity index (χ4n) is 4.33. The van der Waals surface area contributed by atoms with Crippen LogP contribution in [0.3, 0.4) is 0 Å². The van der Waals surface area contributed by atoms with Crippen LogP contribution in [0, 0.1) is 6.92 Å². The molecule has 0 saturated carbocycles. The van der Waals surface area contributed by atoms with Crippen molar-refractivity contribution >= 4 is 27.5 Å². The van der Waals surface area contributed by atoms with Crippen LogP contribution in [-0.2, 0) is 26.2 Å². The Morgan fingerprint density at radius 2 is 1.52 bits per heavy atom. The first-order valence-corrected chi connectivity index (χ1v) is 14.9. The number of rotatable bonds is 13. The molecule has 0 saturated heterocycles. The van der Waals surface area contributed by atoms with Crippen molar-refractivity contribution in [2.75, 3.05) is 18.0 Å². The second-order valence-electron chi connectivity index (χ2n) is 9.71. The molecule has 0 radical (unpaired) electrons. The van der Waals surface area contributed by atoms with Crippen molar-refractivity contribution in [2.45, 2.75) is 64.1 Å². The highest BCUT2D eigenvalue weighted by molar-refractivity contribution is 7.92. The summed E-state index contributed by atoms with van der Waals surface area (Å²) in [5.74, 6) is -0.220. The molecule has 0 spiro atoms. The molecule has 1 N–H and O–H groups in total. The Morgan fingerprint density at radius 3 is 2.10 bits per heavy atom. The summed E-state index contributed by atoms with van der Waals surface area (Å²) in [5.41, 5.74) is 2.21. The van der Waals surface area contributed by atoms with E-state index >= 15 is 0 Å². The first-order chi connectivity index (χ1) is 19.1. The number of nitrogens with zero attached hydrogens (tertiary/aromatic N) is 2. The molecule has 9 heteroatoms. The third-order valence-corrected chi connectivity index (χ3v) is 8.75. The average Bonchev–Trinajstić information content (AvgIpc) is 2.96. The molecule has 0 aromatic heterocycles. The van der Waals surface area contributed by atoms with Crippen LogP contribution < -0.4 is 14.4 Å². The summed E-state index contributed by atoms with van der Waals surface area (Å²) in [4.78, 5) is 29.0. The van der Waals surface area contributed by atoms with E-state index < -0.39 is 28.5 Å². The zero-order valence-corrected chi connectivity index (χ0v) is 24.6. The van der Waals surface area contributed by atoms with Crippen LogP contribution in [0.2, 0.25) is 0 Å². The van der Waals surface area contributed by atoms with Crippen molar-refractivity contribution in [2.24, 2.45) is 0 Å². The van der Waals surface area contributed by atoms with E-state index in [9.17, 15) is 18.0 Å². The van der Waals surface area contributed by atoms with Gasteiger partial charge in [-0.2, -0.15) is 0 Å². The van der Waals surface area contributed by atoms with Gasteiger partial charge >= 0.3 is 0 Å². The Morgan fingerprint density at radius 1 is 0.900 bits per heavy atom. The monoisotopic (exact) mass is 565 g/mol. The summed E-state index contributed by atoms with van der Waals surface area (Å²) in [5, 5.41) is 2.99. The summed E-state index contributed by atoms with van der Waals surface area (Å²) in [6, 6.07) is 21.4. The minimum absolute atomic E-state index is 0.0250. The van der Waals surface area contributed by atoms with E-state index in [4.69, 9.17) is 4.74 Å². The van der Waals surface area contributed by atoms with Crippen LogP contribution >= 0.6 is 0 Å². The molecule has 3 aromatic rings. The van der Waals surface area contributed by atoms with Crippen LogP contribution in [0.25, 0.3) is 0 Å². The van der Waals surface area contributed by atoms with E-state index in [-0.39, 0.29) is 23.4 Å². The maximum atomic E-state index is 14.1. The minimum atomic E-state index is -4.13. The molecule has 8 nitrogen and oxygen atoms in total. The first kappa shape index (κ1) is 30.7. The Balaban J connectivity index is 2.04. The lowest BCUT2D eigenvalue weighted by atomic mass is 10.1. The molecule has 2 amide bonds. The molecule has 0 aliphatic heterocycles. The van der Waals surface area contributed by atoms with Gasteiger partial charge in [0.05, 0.1) is 17.7 Å². The molecule has 40 heavy (non-hydrogen) atoms. The molecule has 0 aliphatic carbocycles. The van der Waals surface area contributed by atoms with E-state index in [0.29, 0.717) is 17.9 Å². The van der Waals surface area contributed by atoms with Crippen LogP contribution in [0.15, 0.2) is 83.8 Å². The molecule has 0 unspecified atom stereocenters. The molecule has 0 fully saturated rings. The predicted molar refractivity (Wildman–Crippen MR) is 158 cm³/mol. The van der Waals surface area contributed by atoms with Gasteiger partial charge in [0.1, 0.15) is 18.3 Å². The number of carbonyl (C=O) groups is 2. The first-order valence-electron chi connectivity index (χ1n) is 13.5. The van der Waals surface area contributed by atoms with Crippen molar-refractivity contribution in [3.63, 3.8) is 0 Å². The summed E-state index contributed by atoms with van der Waals surface area (Å²) in [7, 11) is -2.63. The van der Waals surface area contributed by atoms with Crippen molar-refractivity contribution in [3.8, 4) is 5.75 Å². The Bertz CT molecular complexity index is 1380. The number of para-hydroxylation sites is 1. The highest BCUT2D eigenvalue weighted by Crippen LogP contribution is 2.26. The number of hydrogen-bond acceptors (Lipinski definition) is 5. The van der Waals surface area contributed by atoms with E-state index in [1.165, 1.54) is 24.1 Å². The Labute approximate surface area is 238 Å². The van der Waals surface area contributed by atoms with E-state index in [2.05, 4.69) is 5.32 Å². The number of ether oxygens (including phenoxy) is 1. The Hall–Kier alpha value is -3.85. The SMILES string of the molecule is CC[C@H](C)NC(=O)[C@H](CC)N(Cc1ccccc1C)C(=O)CN(c1ccccc1)S(=O)(=O)c1ccc(OC)cc1. The molecule has 0 heterocycles. The maximum absolute atomic E-state index is 14.1. The summed E-state index contributed by atoms with van der Waals surface area (Å²) < 4.78 is 34.1. The van der Waals surface area contributed by atoms with Gasteiger partial charge < -0.3 is 15.0 Å². The summed E-state index contributed by atoms with van der Waals surface area (Å²) >= 11 is 0. The quantitative estimate of drug-likeness (QED) is 0.317. The molecule has 214 valence electrons. The Kier molecular flexibility index (Phi) is 10.7. The number of amides is 2. The van der Waals surface area contributed by atoms with Crippen molar-refractivity contribution < 1.29 is 22.7 Å². The molecule has 0 bridgehead atoms. The molecule has 2 atom stereocenters. The van der Waals surface area contributed by atoms with Gasteiger partial charge in [-0.05, 0) is 74.2 Å². The van der Waals surface area contributed by atoms with Crippen LogP contribution in [0.5, 0.6) is 5.75 Å². The van der Waals surface area contributed by atoms with Gasteiger partial charge in [-0.25, -0.2) is 8.42 Å². The topological polar surface area (TPSA) is 96.0 Å². The summed E-state index contributed by atoms with van der Waals surface area (Å²) in [6.07, 6.45) is 1.12. The van der Waals surface area contributed by atoms with Gasteiger partial charge in [-0.3, -0.25) is 13.9 Å². The number of benzene rings is 3. The fraction of sp³-hybridized carbons (Fsp3) is 0.355. The zero-order valence-electron chi connectivity index (χ0n) is 23.8. The number of sulfonamides is 1. The minimum Gasteiger partial charge on any atom is -0.497 e. The largest absolute Gasteiger partial charge is 0.497 e. The molecular weight excluding hydrogens is 526 g/mol. The molecule has 3 aromatic carbocycles. The average molecular weight is 566 g/mol. The van der Waals surface area contributed by atoms with Crippen LogP contribution in [-0.4, -0.2) is 50.9 Å². The van der Waals surface area contributed by atoms with Gasteiger partial charge in [0.2, 0.25) is 11.8 Å². The van der Waals surface area contributed by atoms with E-state index in [0.717, 1.165) is 21.9 Å². The van der Waals surface area contributed by atoms with Crippen molar-refractivity contribution in [1.29, 1.82) is 0 Å². The van der Waals surface area contributed by atoms with Crippen LogP contribution in [0.1, 0.15) is 44.7 Å². The predicted octanol–water partition coefficient (Wildman–Crippen LogP) is 4.92. The number of carbonyl (C=O) groups excluding carboxylic acids is 2. The number of methoxy groups -OCH3 is 1. The number of hydrogen-bond donors (Lipinski definition) is 1. The lowest BCUT2D eigenvalue weighted by Crippen LogP contribution is -2.53. The summed E-state index contributed by atoms with van der Waals surface area (Å²) in [6.45, 7) is 7.38. The van der Waals surface area contributed by atoms with E-state index in [1.54, 1.807) is 42.5 Å². The van der Waals surface area contributed by atoms with E-state index in [1.807, 2.05) is 52.0 Å². The van der Waals surface area contributed by atoms with Gasteiger partial charge in [-0.15, -0.1) is 0 Å². The highest BCUT2D eigenvalue weighted by atomic mass is 32.2. The van der Waals surface area contributed by atoms with Crippen molar-refractivity contribution in [1.82, 2.24) is 10.2 Å². The fourth-order valence-corrected chi connectivity index (χ4v) is 5.74. The second-order valence-corrected chi connectivity index (χ2v) is 11.6. The normalized spacial score (nSPS) is 12.7. The standard InChI is InChI=1S/C31H39N3O5S/c1-6-24(4)32-31(36)29(7-2)33(21-25-14-12-11-13-23(25)3)30(35)22-34(26-15-9-8-10-16-26)40(37,38)28-19-17-27(39-5)18-20-28/h8-20,24,29H,6-7,21-22H2,1-5H3,(H,32,36)/t24-,29-/m0/s1. The smallest absolute Gasteiger partial charge is 0.264 e. The van der Waals surface area contributed by atoms with Gasteiger partial charge in [0, 0.05) is 12.6 Å². The number of aryl methyl sites for hydroxylation is 1. The lowest BCUT2D eigenvalue weighted by Gasteiger charge is -2.34. The molecular formula is C31H39N3O5S. The maximum Gasteiger partial charge on any atom is 0.264 e. The lowest BCUT2D eigenvalue weighted by molar-refractivity contribution is -0.140. The third-order valence-electron chi connectivity index (χ3n) is 6.96. The van der Waals surface area contributed by atoms with Gasteiger partial charge in [0.15, 0.2) is 0 Å². The molecule has 3 rings (SSSR count). The highest BCUT2D eigenvalue weighted by Gasteiger charge is 2.34.